The molecule has 1 unspecified atom stereocenters. The van der Waals surface area contributed by atoms with Gasteiger partial charge >= 0.3 is 6.09 Å². The Kier molecular flexibility index (Phi) is 8.90. The SMILES string of the molecule is Cn1c(N2C3CC[C@@H]2[C@H](NC(=O)OC(C)(C)C)C3)nc2c(c(-c3ccc4nn(CF)c(Cl)c4c3Cl)cn2COCC[Si](C)(C)C)c1=O. The minimum Gasteiger partial charge on any atom is -0.444 e. The van der Waals surface area contributed by atoms with Crippen LogP contribution < -0.4 is 15.8 Å². The molecule has 1 amide bonds. The fourth-order valence-corrected chi connectivity index (χ4v) is 8.16. The lowest BCUT2D eigenvalue weighted by Crippen LogP contribution is -2.46. The van der Waals surface area contributed by atoms with E-state index in [-0.39, 0.29) is 40.6 Å². The molecular weight excluding hydrogens is 664 g/mol. The number of ether oxygens (including phenoxy) is 2. The van der Waals surface area contributed by atoms with Gasteiger partial charge in [0.05, 0.1) is 33.4 Å². The van der Waals surface area contributed by atoms with Crippen molar-refractivity contribution in [1.29, 1.82) is 0 Å². The number of aromatic nitrogens is 5. The van der Waals surface area contributed by atoms with E-state index in [1.165, 1.54) is 0 Å². The van der Waals surface area contributed by atoms with Crippen LogP contribution in [0, 0.1) is 0 Å². The van der Waals surface area contributed by atoms with Gasteiger partial charge in [0.15, 0.2) is 12.4 Å². The van der Waals surface area contributed by atoms with Crippen LogP contribution in [0.4, 0.5) is 15.1 Å². The molecule has 6 rings (SSSR count). The molecule has 1 N–H and O–H groups in total. The average Bonchev–Trinajstić information content (AvgIpc) is 3.72. The smallest absolute Gasteiger partial charge is 0.407 e. The summed E-state index contributed by atoms with van der Waals surface area (Å²) < 4.78 is 29.7. The van der Waals surface area contributed by atoms with Gasteiger partial charge in [0.2, 0.25) is 5.95 Å². The van der Waals surface area contributed by atoms with Crippen molar-refractivity contribution in [2.45, 2.75) is 103 Å². The summed E-state index contributed by atoms with van der Waals surface area (Å²) in [5.74, 6) is 0.533. The summed E-state index contributed by atoms with van der Waals surface area (Å²) in [6.45, 7) is 12.3. The number of nitrogens with one attached hydrogen (secondary N) is 1. The van der Waals surface area contributed by atoms with Gasteiger partial charge in [-0.3, -0.25) is 9.36 Å². The predicted octanol–water partition coefficient (Wildman–Crippen LogP) is 6.93. The number of anilines is 1. The first-order valence-electron chi connectivity index (χ1n) is 15.9. The van der Waals surface area contributed by atoms with Gasteiger partial charge in [0, 0.05) is 45.1 Å². The van der Waals surface area contributed by atoms with Crippen LogP contribution in [0.5, 0.6) is 0 Å². The third-order valence-electron chi connectivity index (χ3n) is 8.96. The summed E-state index contributed by atoms with van der Waals surface area (Å²) >= 11 is 13.4. The lowest BCUT2D eigenvalue weighted by atomic mass is 9.96. The van der Waals surface area contributed by atoms with E-state index >= 15 is 0 Å². The standard InChI is InChI=1S/C32H42Cl2FN7O4Si/c1-32(2,3)46-31(44)36-22-14-18-8-11-23(22)42(18)30-37-28-24(29(43)39(30)4)20(15-40(28)17-45-12-13-47(5,6)7)19-9-10-21-25(26(19)33)27(34)41(16-35)38-21/h9-10,15,18,22-23H,8,11-14,16-17H2,1-7H3,(H,36,44)/t18?,22-,23-/m1/s1. The number of halogens is 3. The van der Waals surface area contributed by atoms with Crippen LogP contribution in [-0.2, 0) is 30.1 Å². The Hall–Kier alpha value is -3.13. The zero-order valence-electron chi connectivity index (χ0n) is 27.9. The number of carbonyl (C=O) groups is 1. The van der Waals surface area contributed by atoms with Gasteiger partial charge in [-0.15, -0.1) is 0 Å². The van der Waals surface area contributed by atoms with Crippen LogP contribution in [0.3, 0.4) is 0 Å². The zero-order valence-corrected chi connectivity index (χ0v) is 30.4. The number of carbonyl (C=O) groups excluding carboxylic acids is 1. The van der Waals surface area contributed by atoms with Gasteiger partial charge < -0.3 is 24.3 Å². The molecule has 5 heterocycles. The summed E-state index contributed by atoms with van der Waals surface area (Å²) in [5, 5.41) is 8.40. The molecule has 0 radical (unpaired) electrons. The van der Waals surface area contributed by atoms with E-state index in [4.69, 9.17) is 37.7 Å². The van der Waals surface area contributed by atoms with E-state index < -0.39 is 26.6 Å². The topological polar surface area (TPSA) is 108 Å². The highest BCUT2D eigenvalue weighted by molar-refractivity contribution is 6.76. The summed E-state index contributed by atoms with van der Waals surface area (Å²) in [6.07, 6.45) is 3.90. The number of hydrogen-bond acceptors (Lipinski definition) is 7. The van der Waals surface area contributed by atoms with E-state index in [1.807, 2.05) is 31.5 Å². The van der Waals surface area contributed by atoms with Crippen LogP contribution >= 0.6 is 23.2 Å². The summed E-state index contributed by atoms with van der Waals surface area (Å²) in [6, 6.07) is 4.41. The highest BCUT2D eigenvalue weighted by Gasteiger charge is 2.49. The molecule has 11 nitrogen and oxygen atoms in total. The molecular formula is C32H42Cl2FN7O4Si. The highest BCUT2D eigenvalue weighted by Crippen LogP contribution is 2.43. The average molecular weight is 707 g/mol. The van der Waals surface area contributed by atoms with Crippen molar-refractivity contribution in [3.63, 3.8) is 0 Å². The molecule has 0 aliphatic carbocycles. The lowest BCUT2D eigenvalue weighted by Gasteiger charge is -2.28. The van der Waals surface area contributed by atoms with Gasteiger partial charge in [0.1, 0.15) is 17.5 Å². The second-order valence-electron chi connectivity index (χ2n) is 14.8. The number of nitrogens with zero attached hydrogens (tertiary/aromatic N) is 6. The monoisotopic (exact) mass is 705 g/mol. The number of alkyl carbamates (subject to hydrolysis) is 1. The van der Waals surface area contributed by atoms with Gasteiger partial charge in [-0.2, -0.15) is 10.1 Å². The van der Waals surface area contributed by atoms with Crippen LogP contribution in [0.15, 0.2) is 23.1 Å². The Bertz CT molecular complexity index is 1910. The molecule has 2 bridgehead atoms. The minimum absolute atomic E-state index is 0.0371. The van der Waals surface area contributed by atoms with Crippen LogP contribution in [0.1, 0.15) is 40.0 Å². The molecule has 2 aliphatic rings. The molecule has 2 fully saturated rings. The molecule has 3 atom stereocenters. The Morgan fingerprint density at radius 1 is 1.15 bits per heavy atom. The van der Waals surface area contributed by atoms with Crippen LogP contribution in [0.2, 0.25) is 35.9 Å². The second kappa shape index (κ2) is 12.4. The number of rotatable bonds is 9. The number of alkyl halides is 1. The van der Waals surface area contributed by atoms with Crippen LogP contribution in [0.25, 0.3) is 33.1 Å². The van der Waals surface area contributed by atoms with Crippen molar-refractivity contribution < 1.29 is 18.7 Å². The molecule has 4 aromatic rings. The van der Waals surface area contributed by atoms with Crippen molar-refractivity contribution in [3.8, 4) is 11.1 Å². The second-order valence-corrected chi connectivity index (χ2v) is 21.1. The highest BCUT2D eigenvalue weighted by atomic mass is 35.5. The Morgan fingerprint density at radius 2 is 1.89 bits per heavy atom. The Balaban J connectivity index is 1.43. The number of benzene rings is 1. The van der Waals surface area contributed by atoms with E-state index in [1.54, 1.807) is 23.7 Å². The van der Waals surface area contributed by atoms with Crippen LogP contribution in [-0.4, -0.2) is 68.4 Å². The molecule has 3 aromatic heterocycles. The first kappa shape index (κ1) is 33.8. The number of amides is 1. The van der Waals surface area contributed by atoms with Crippen molar-refractivity contribution >= 4 is 65.3 Å². The van der Waals surface area contributed by atoms with Gasteiger partial charge in [-0.1, -0.05) is 48.9 Å². The summed E-state index contributed by atoms with van der Waals surface area (Å²) in [5.41, 5.74) is 1.19. The first-order chi connectivity index (χ1) is 22.1. The van der Waals surface area contributed by atoms with Crippen molar-refractivity contribution in [2.75, 3.05) is 11.5 Å². The van der Waals surface area contributed by atoms with E-state index in [9.17, 15) is 14.0 Å². The lowest BCUT2D eigenvalue weighted by molar-refractivity contribution is 0.0497. The maximum atomic E-state index is 14.3. The first-order valence-corrected chi connectivity index (χ1v) is 20.4. The summed E-state index contributed by atoms with van der Waals surface area (Å²) in [7, 11) is 0.385. The molecule has 1 aromatic carbocycles. The van der Waals surface area contributed by atoms with Gasteiger partial charge in [0.25, 0.3) is 5.56 Å². The van der Waals surface area contributed by atoms with Crippen molar-refractivity contribution in [3.05, 3.63) is 38.9 Å². The zero-order chi connectivity index (χ0) is 34.0. The van der Waals surface area contributed by atoms with E-state index in [2.05, 4.69) is 35.0 Å². The molecule has 2 saturated heterocycles. The molecule has 0 saturated carbocycles. The molecule has 254 valence electrons. The maximum absolute atomic E-state index is 14.3. The fourth-order valence-electron chi connectivity index (χ4n) is 6.73. The summed E-state index contributed by atoms with van der Waals surface area (Å²) in [4.78, 5) is 34.3. The predicted molar refractivity (Wildman–Crippen MR) is 186 cm³/mol. The Morgan fingerprint density at radius 3 is 2.57 bits per heavy atom. The molecule has 15 heteroatoms. The van der Waals surface area contributed by atoms with E-state index in [0.29, 0.717) is 45.6 Å². The molecule has 0 spiro atoms. The van der Waals surface area contributed by atoms with Gasteiger partial charge in [-0.05, 0) is 52.1 Å². The van der Waals surface area contributed by atoms with Crippen molar-refractivity contribution in [2.24, 2.45) is 7.05 Å². The molecule has 47 heavy (non-hydrogen) atoms. The maximum Gasteiger partial charge on any atom is 0.407 e. The quantitative estimate of drug-likeness (QED) is 0.149. The third kappa shape index (κ3) is 6.39. The number of hydrogen-bond donors (Lipinski definition) is 1. The molecule has 2 aliphatic heterocycles. The third-order valence-corrected chi connectivity index (χ3v) is 11.4. The number of fused-ring (bicyclic) bond motifs is 4. The largest absolute Gasteiger partial charge is 0.444 e. The van der Waals surface area contributed by atoms with E-state index in [0.717, 1.165) is 30.0 Å². The fraction of sp³-hybridized carbons (Fsp3) is 0.562. The van der Waals surface area contributed by atoms with Crippen molar-refractivity contribution in [1.82, 2.24) is 29.2 Å². The normalized spacial score (nSPS) is 19.8. The Labute approximate surface area is 283 Å². The minimum atomic E-state index is -1.33. The van der Waals surface area contributed by atoms with Gasteiger partial charge in [-0.25, -0.2) is 13.9 Å².